The number of nitrogens with zero attached hydrogens (tertiary/aromatic N) is 3. The predicted octanol–water partition coefficient (Wildman–Crippen LogP) is 1.27. The van der Waals surface area contributed by atoms with E-state index in [1.54, 1.807) is 7.11 Å². The maximum absolute atomic E-state index is 6.01. The molecule has 19 heavy (non-hydrogen) atoms. The zero-order valence-corrected chi connectivity index (χ0v) is 12.3. The van der Waals surface area contributed by atoms with Crippen LogP contribution in [-0.2, 0) is 17.7 Å². The summed E-state index contributed by atoms with van der Waals surface area (Å²) in [5.41, 5.74) is 7.16. The molecule has 1 aliphatic heterocycles. The van der Waals surface area contributed by atoms with Crippen LogP contribution in [0.2, 0.25) is 0 Å². The molecule has 1 aliphatic rings. The van der Waals surface area contributed by atoms with E-state index in [0.29, 0.717) is 5.92 Å². The largest absolute Gasteiger partial charge is 0.383 e. The molecular formula is C14H26N4O. The maximum atomic E-state index is 6.01. The van der Waals surface area contributed by atoms with Crippen molar-refractivity contribution >= 4 is 5.95 Å². The third kappa shape index (κ3) is 3.28. The molecular weight excluding hydrogens is 240 g/mol. The number of imidazole rings is 1. The van der Waals surface area contributed by atoms with Crippen LogP contribution in [0, 0.1) is 5.92 Å². The number of ether oxygens (including phenoxy) is 1. The van der Waals surface area contributed by atoms with Crippen molar-refractivity contribution in [3.05, 3.63) is 11.9 Å². The van der Waals surface area contributed by atoms with Crippen molar-refractivity contribution in [2.24, 2.45) is 11.7 Å². The summed E-state index contributed by atoms with van der Waals surface area (Å²) in [6.45, 7) is 7.89. The molecule has 1 aromatic heterocycles. The Hall–Kier alpha value is -1.07. The van der Waals surface area contributed by atoms with Gasteiger partial charge in [0.15, 0.2) is 0 Å². The Balaban J connectivity index is 2.12. The van der Waals surface area contributed by atoms with Crippen LogP contribution in [0.5, 0.6) is 0 Å². The number of hydrogen-bond acceptors (Lipinski definition) is 4. The summed E-state index contributed by atoms with van der Waals surface area (Å²) in [4.78, 5) is 7.11. The van der Waals surface area contributed by atoms with Gasteiger partial charge in [0.2, 0.25) is 5.95 Å². The Kier molecular flexibility index (Phi) is 4.82. The van der Waals surface area contributed by atoms with Gasteiger partial charge in [0.1, 0.15) is 0 Å². The van der Waals surface area contributed by atoms with Crippen LogP contribution in [0.4, 0.5) is 5.95 Å². The summed E-state index contributed by atoms with van der Waals surface area (Å²) in [7, 11) is 1.74. The van der Waals surface area contributed by atoms with Gasteiger partial charge in [-0.2, -0.15) is 0 Å². The Morgan fingerprint density at radius 3 is 2.95 bits per heavy atom. The number of hydrogen-bond donors (Lipinski definition) is 1. The summed E-state index contributed by atoms with van der Waals surface area (Å²) >= 11 is 0. The first-order valence-electron chi connectivity index (χ1n) is 7.21. The normalized spacial score (nSPS) is 21.1. The van der Waals surface area contributed by atoms with Crippen LogP contribution >= 0.6 is 0 Å². The number of aryl methyl sites for hydroxylation is 1. The fourth-order valence-electron chi connectivity index (χ4n) is 2.63. The first-order valence-corrected chi connectivity index (χ1v) is 7.21. The summed E-state index contributed by atoms with van der Waals surface area (Å²) in [5, 5.41) is 0. The van der Waals surface area contributed by atoms with E-state index < -0.39 is 0 Å². The number of nitrogens with two attached hydrogens (primary N) is 1. The highest BCUT2D eigenvalue weighted by Gasteiger charge is 2.28. The molecule has 0 aliphatic carbocycles. The molecule has 0 saturated carbocycles. The average molecular weight is 266 g/mol. The highest BCUT2D eigenvalue weighted by Crippen LogP contribution is 2.25. The van der Waals surface area contributed by atoms with Crippen molar-refractivity contribution < 1.29 is 4.74 Å². The molecule has 1 aromatic rings. The monoisotopic (exact) mass is 266 g/mol. The van der Waals surface area contributed by atoms with Gasteiger partial charge in [-0.25, -0.2) is 4.98 Å². The molecule has 0 amide bonds. The van der Waals surface area contributed by atoms with Gasteiger partial charge in [-0.05, 0) is 25.7 Å². The molecule has 5 heteroatoms. The first-order chi connectivity index (χ1) is 9.15. The number of methoxy groups -OCH3 is 1. The topological polar surface area (TPSA) is 56.3 Å². The predicted molar refractivity (Wildman–Crippen MR) is 77.5 cm³/mol. The van der Waals surface area contributed by atoms with Crippen LogP contribution in [0.15, 0.2) is 6.20 Å². The van der Waals surface area contributed by atoms with Crippen LogP contribution in [0.25, 0.3) is 0 Å². The van der Waals surface area contributed by atoms with Crippen molar-refractivity contribution in [2.45, 2.75) is 39.3 Å². The van der Waals surface area contributed by atoms with Crippen molar-refractivity contribution in [1.82, 2.24) is 9.55 Å². The summed E-state index contributed by atoms with van der Waals surface area (Å²) in [6.07, 6.45) is 4.28. The van der Waals surface area contributed by atoms with Gasteiger partial charge in [-0.1, -0.05) is 6.92 Å². The molecule has 0 aromatic carbocycles. The van der Waals surface area contributed by atoms with Gasteiger partial charge in [0.05, 0.1) is 12.3 Å². The van der Waals surface area contributed by atoms with E-state index in [9.17, 15) is 0 Å². The molecule has 1 saturated heterocycles. The second kappa shape index (κ2) is 6.39. The summed E-state index contributed by atoms with van der Waals surface area (Å²) in [6, 6.07) is 0.262. The lowest BCUT2D eigenvalue weighted by Gasteiger charge is -2.20. The molecule has 0 radical (unpaired) electrons. The maximum Gasteiger partial charge on any atom is 0.205 e. The lowest BCUT2D eigenvalue weighted by molar-refractivity contribution is 0.187. The quantitative estimate of drug-likeness (QED) is 0.842. The van der Waals surface area contributed by atoms with E-state index in [2.05, 4.69) is 29.5 Å². The van der Waals surface area contributed by atoms with E-state index in [4.69, 9.17) is 15.5 Å². The molecule has 2 unspecified atom stereocenters. The zero-order valence-electron chi connectivity index (χ0n) is 12.3. The third-order valence-corrected chi connectivity index (χ3v) is 3.96. The van der Waals surface area contributed by atoms with Crippen LogP contribution in [-0.4, -0.2) is 42.4 Å². The number of rotatable bonds is 6. The average Bonchev–Trinajstić information content (AvgIpc) is 3.02. The summed E-state index contributed by atoms with van der Waals surface area (Å²) in [5.74, 6) is 1.66. The SMILES string of the molecule is CCc1cn(CCOC)c(N2CCC(C(C)N)C2)n1. The van der Waals surface area contributed by atoms with Gasteiger partial charge in [-0.15, -0.1) is 0 Å². The summed E-state index contributed by atoms with van der Waals surface area (Å²) < 4.78 is 7.39. The van der Waals surface area contributed by atoms with Crippen molar-refractivity contribution in [3.8, 4) is 0 Å². The third-order valence-electron chi connectivity index (χ3n) is 3.96. The molecule has 5 nitrogen and oxygen atoms in total. The smallest absolute Gasteiger partial charge is 0.205 e. The molecule has 1 fully saturated rings. The fourth-order valence-corrected chi connectivity index (χ4v) is 2.63. The van der Waals surface area contributed by atoms with E-state index in [1.165, 1.54) is 0 Å². The van der Waals surface area contributed by atoms with E-state index in [-0.39, 0.29) is 6.04 Å². The molecule has 2 atom stereocenters. The second-order valence-corrected chi connectivity index (χ2v) is 5.43. The van der Waals surface area contributed by atoms with Gasteiger partial charge in [0, 0.05) is 39.0 Å². The molecule has 108 valence electrons. The molecule has 2 N–H and O–H groups in total. The highest BCUT2D eigenvalue weighted by molar-refractivity contribution is 5.35. The van der Waals surface area contributed by atoms with Crippen LogP contribution in [0.3, 0.4) is 0 Å². The van der Waals surface area contributed by atoms with Gasteiger partial charge >= 0.3 is 0 Å². The van der Waals surface area contributed by atoms with Crippen molar-refractivity contribution in [2.75, 3.05) is 31.7 Å². The molecule has 2 rings (SSSR count). The number of anilines is 1. The molecule has 0 spiro atoms. The minimum Gasteiger partial charge on any atom is -0.383 e. The van der Waals surface area contributed by atoms with Crippen LogP contribution < -0.4 is 10.6 Å². The van der Waals surface area contributed by atoms with Gasteiger partial charge in [-0.3, -0.25) is 0 Å². The standard InChI is InChI=1S/C14H26N4O/c1-4-13-10-18(7-8-19-3)14(16-13)17-6-5-12(9-17)11(2)15/h10-12H,4-9,15H2,1-3H3. The second-order valence-electron chi connectivity index (χ2n) is 5.43. The first kappa shape index (κ1) is 14.3. The van der Waals surface area contributed by atoms with Gasteiger partial charge < -0.3 is 19.9 Å². The molecule has 0 bridgehead atoms. The van der Waals surface area contributed by atoms with Crippen molar-refractivity contribution in [3.63, 3.8) is 0 Å². The lowest BCUT2D eigenvalue weighted by Crippen LogP contribution is -2.30. The van der Waals surface area contributed by atoms with E-state index >= 15 is 0 Å². The van der Waals surface area contributed by atoms with Gasteiger partial charge in [0.25, 0.3) is 0 Å². The van der Waals surface area contributed by atoms with Crippen molar-refractivity contribution in [1.29, 1.82) is 0 Å². The zero-order chi connectivity index (χ0) is 13.8. The minimum atomic E-state index is 0.262. The number of aromatic nitrogens is 2. The lowest BCUT2D eigenvalue weighted by atomic mass is 10.0. The Morgan fingerprint density at radius 2 is 2.37 bits per heavy atom. The molecule has 2 heterocycles. The van der Waals surface area contributed by atoms with Crippen LogP contribution in [0.1, 0.15) is 26.0 Å². The Bertz CT molecular complexity index is 402. The van der Waals surface area contributed by atoms with E-state index in [0.717, 1.165) is 50.7 Å². The highest BCUT2D eigenvalue weighted by atomic mass is 16.5. The van der Waals surface area contributed by atoms with E-state index in [1.807, 2.05) is 0 Å². The minimum absolute atomic E-state index is 0.262. The fraction of sp³-hybridized carbons (Fsp3) is 0.786. The Labute approximate surface area is 115 Å². The Morgan fingerprint density at radius 1 is 1.58 bits per heavy atom.